The lowest BCUT2D eigenvalue weighted by atomic mass is 10.1. The van der Waals surface area contributed by atoms with Crippen molar-refractivity contribution in [1.82, 2.24) is 0 Å². The third-order valence-corrected chi connectivity index (χ3v) is 3.43. The zero-order valence-corrected chi connectivity index (χ0v) is 12.8. The van der Waals surface area contributed by atoms with Crippen LogP contribution in [-0.2, 0) is 4.84 Å². The number of ether oxygens (including phenoxy) is 1. The van der Waals surface area contributed by atoms with Crippen molar-refractivity contribution in [1.29, 1.82) is 0 Å². The van der Waals surface area contributed by atoms with Crippen molar-refractivity contribution in [3.05, 3.63) is 28.2 Å². The molecule has 2 rings (SSSR count). The van der Waals surface area contributed by atoms with Crippen LogP contribution in [0.5, 0.6) is 5.75 Å². The van der Waals surface area contributed by atoms with Crippen LogP contribution >= 0.6 is 15.9 Å². The summed E-state index contributed by atoms with van der Waals surface area (Å²) in [4.78, 5) is 5.04. The molecule has 1 aromatic rings. The number of hydrogen-bond donors (Lipinski definition) is 0. The monoisotopic (exact) mass is 365 g/mol. The molecule has 0 amide bonds. The van der Waals surface area contributed by atoms with Crippen LogP contribution in [-0.4, -0.2) is 25.1 Å². The van der Waals surface area contributed by atoms with Gasteiger partial charge in [0.1, 0.15) is 12.4 Å². The molecule has 0 bridgehead atoms. The highest BCUT2D eigenvalue weighted by atomic mass is 79.9. The van der Waals surface area contributed by atoms with Crippen molar-refractivity contribution in [2.75, 3.05) is 13.2 Å². The van der Waals surface area contributed by atoms with Crippen molar-refractivity contribution >= 4 is 21.6 Å². The molecule has 0 aromatic heterocycles. The number of hydrogen-bond acceptors (Lipinski definition) is 3. The molecule has 0 saturated heterocycles. The maximum absolute atomic E-state index is 12.0. The van der Waals surface area contributed by atoms with Gasteiger partial charge in [0.15, 0.2) is 0 Å². The largest absolute Gasteiger partial charge is 0.493 e. The maximum Gasteiger partial charge on any atom is 0.389 e. The summed E-state index contributed by atoms with van der Waals surface area (Å²) in [5, 5.41) is 3.99. The molecule has 1 aromatic carbocycles. The average Bonchev–Trinajstić information content (AvgIpc) is 2.59. The van der Waals surface area contributed by atoms with Gasteiger partial charge in [-0.3, -0.25) is 0 Å². The highest BCUT2D eigenvalue weighted by Gasteiger charge is 2.26. The number of fused-ring (bicyclic) bond motifs is 1. The number of halogens is 4. The van der Waals surface area contributed by atoms with Crippen molar-refractivity contribution in [3.8, 4) is 5.75 Å². The molecule has 21 heavy (non-hydrogen) atoms. The van der Waals surface area contributed by atoms with E-state index in [2.05, 4.69) is 21.1 Å². The summed E-state index contributed by atoms with van der Waals surface area (Å²) in [6.07, 6.45) is -3.64. The van der Waals surface area contributed by atoms with Gasteiger partial charge in [0.05, 0.1) is 12.3 Å². The third-order valence-electron chi connectivity index (χ3n) is 2.94. The SMILES string of the molecule is FC(F)(F)CCCON=C1CCCOc2ccc(Br)cc21. The fourth-order valence-electron chi connectivity index (χ4n) is 1.97. The summed E-state index contributed by atoms with van der Waals surface area (Å²) in [6.45, 7) is 0.537. The predicted molar refractivity (Wildman–Crippen MR) is 76.6 cm³/mol. The minimum atomic E-state index is -4.15. The van der Waals surface area contributed by atoms with Crippen LogP contribution in [0.15, 0.2) is 27.8 Å². The third kappa shape index (κ3) is 5.22. The molecule has 0 N–H and O–H groups in total. The average molecular weight is 366 g/mol. The Morgan fingerprint density at radius 1 is 1.33 bits per heavy atom. The van der Waals surface area contributed by atoms with Crippen LogP contribution < -0.4 is 4.74 Å². The highest BCUT2D eigenvalue weighted by Crippen LogP contribution is 2.28. The molecule has 3 nitrogen and oxygen atoms in total. The topological polar surface area (TPSA) is 30.8 Å². The van der Waals surface area contributed by atoms with Crippen molar-refractivity contribution in [2.24, 2.45) is 5.16 Å². The van der Waals surface area contributed by atoms with Gasteiger partial charge >= 0.3 is 6.18 Å². The second-order valence-electron chi connectivity index (χ2n) is 4.68. The summed E-state index contributed by atoms with van der Waals surface area (Å²) in [7, 11) is 0. The van der Waals surface area contributed by atoms with Gasteiger partial charge in [-0.05, 0) is 37.5 Å². The first-order valence-corrected chi connectivity index (χ1v) is 7.43. The lowest BCUT2D eigenvalue weighted by Crippen LogP contribution is -2.08. The summed E-state index contributed by atoms with van der Waals surface area (Å²) < 4.78 is 42.5. The van der Waals surface area contributed by atoms with E-state index in [9.17, 15) is 13.2 Å². The van der Waals surface area contributed by atoms with Crippen LogP contribution in [0.3, 0.4) is 0 Å². The second kappa shape index (κ2) is 7.15. The Hall–Kier alpha value is -1.24. The molecule has 0 spiro atoms. The Morgan fingerprint density at radius 3 is 2.90 bits per heavy atom. The van der Waals surface area contributed by atoms with Gasteiger partial charge in [0.25, 0.3) is 0 Å². The van der Waals surface area contributed by atoms with Crippen LogP contribution in [0, 0.1) is 0 Å². The summed E-state index contributed by atoms with van der Waals surface area (Å²) in [6, 6.07) is 5.58. The molecule has 1 heterocycles. The van der Waals surface area contributed by atoms with E-state index >= 15 is 0 Å². The standard InChI is InChI=1S/C14H15BrF3NO2/c15-10-4-5-13-11(9-10)12(3-1-7-20-13)19-21-8-2-6-14(16,17)18/h4-5,9H,1-3,6-8H2. The molecule has 0 saturated carbocycles. The lowest BCUT2D eigenvalue weighted by molar-refractivity contribution is -0.137. The minimum Gasteiger partial charge on any atom is -0.493 e. The number of alkyl halides is 3. The van der Waals surface area contributed by atoms with Gasteiger partial charge in [-0.1, -0.05) is 21.1 Å². The second-order valence-corrected chi connectivity index (χ2v) is 5.60. The molecule has 1 aliphatic rings. The van der Waals surface area contributed by atoms with Gasteiger partial charge < -0.3 is 9.57 Å². The van der Waals surface area contributed by atoms with Crippen LogP contribution in [0.1, 0.15) is 31.2 Å². The molecular formula is C14H15BrF3NO2. The molecule has 0 fully saturated rings. The Labute approximate surface area is 129 Å². The summed E-state index contributed by atoms with van der Waals surface area (Å²) >= 11 is 3.38. The van der Waals surface area contributed by atoms with Crippen molar-refractivity contribution in [3.63, 3.8) is 0 Å². The van der Waals surface area contributed by atoms with Gasteiger partial charge in [-0.25, -0.2) is 0 Å². The van der Waals surface area contributed by atoms with E-state index in [0.717, 1.165) is 16.5 Å². The zero-order chi connectivity index (χ0) is 15.3. The van der Waals surface area contributed by atoms with Gasteiger partial charge in [0.2, 0.25) is 0 Å². The fourth-order valence-corrected chi connectivity index (χ4v) is 2.33. The van der Waals surface area contributed by atoms with E-state index in [4.69, 9.17) is 9.57 Å². The first-order valence-electron chi connectivity index (χ1n) is 6.64. The Kier molecular flexibility index (Phi) is 5.50. The van der Waals surface area contributed by atoms with Crippen LogP contribution in [0.25, 0.3) is 0 Å². The summed E-state index contributed by atoms with van der Waals surface area (Å²) in [5.41, 5.74) is 1.52. The molecule has 7 heteroatoms. The minimum absolute atomic E-state index is 0.0484. The van der Waals surface area contributed by atoms with E-state index in [1.807, 2.05) is 18.2 Å². The number of nitrogens with zero attached hydrogens (tertiary/aromatic N) is 1. The number of benzene rings is 1. The Balaban J connectivity index is 1.99. The first-order chi connectivity index (χ1) is 9.96. The molecule has 116 valence electrons. The van der Waals surface area contributed by atoms with Crippen molar-refractivity contribution < 1.29 is 22.7 Å². The highest BCUT2D eigenvalue weighted by molar-refractivity contribution is 9.10. The normalized spacial score (nSPS) is 17.0. The molecule has 1 aliphatic heterocycles. The van der Waals surface area contributed by atoms with E-state index < -0.39 is 12.6 Å². The van der Waals surface area contributed by atoms with E-state index in [1.54, 1.807) is 0 Å². The predicted octanol–water partition coefficient (Wildman–Crippen LogP) is 4.68. The molecule has 0 radical (unpaired) electrons. The van der Waals surface area contributed by atoms with Crippen LogP contribution in [0.2, 0.25) is 0 Å². The Morgan fingerprint density at radius 2 is 2.14 bits per heavy atom. The van der Waals surface area contributed by atoms with Crippen molar-refractivity contribution in [2.45, 2.75) is 31.9 Å². The lowest BCUT2D eigenvalue weighted by Gasteiger charge is -2.09. The number of rotatable bonds is 4. The van der Waals surface area contributed by atoms with Crippen LogP contribution in [0.4, 0.5) is 13.2 Å². The fraction of sp³-hybridized carbons (Fsp3) is 0.500. The zero-order valence-electron chi connectivity index (χ0n) is 11.3. The molecule has 0 aliphatic carbocycles. The molecule has 0 unspecified atom stereocenters. The van der Waals surface area contributed by atoms with Gasteiger partial charge in [-0.15, -0.1) is 0 Å². The number of oxime groups is 1. The smallest absolute Gasteiger partial charge is 0.389 e. The van der Waals surface area contributed by atoms with Gasteiger partial charge in [0, 0.05) is 16.5 Å². The van der Waals surface area contributed by atoms with E-state index in [1.165, 1.54) is 0 Å². The Bertz CT molecular complexity index is 517. The van der Waals surface area contributed by atoms with Gasteiger partial charge in [-0.2, -0.15) is 13.2 Å². The van der Waals surface area contributed by atoms with E-state index in [0.29, 0.717) is 24.5 Å². The first kappa shape index (κ1) is 16.1. The summed E-state index contributed by atoms with van der Waals surface area (Å²) in [5.74, 6) is 0.716. The maximum atomic E-state index is 12.0. The molecule has 0 atom stereocenters. The molecular weight excluding hydrogens is 351 g/mol. The van der Waals surface area contributed by atoms with E-state index in [-0.39, 0.29) is 13.0 Å². The quantitative estimate of drug-likeness (QED) is 0.572.